The van der Waals surface area contributed by atoms with Crippen LogP contribution in [0.15, 0.2) is 24.3 Å². The quantitative estimate of drug-likeness (QED) is 0.0416. The highest BCUT2D eigenvalue weighted by Crippen LogP contribution is 2.11. The first kappa shape index (κ1) is 41.3. The van der Waals surface area contributed by atoms with Gasteiger partial charge in [-0.05, 0) is 51.4 Å². The number of methoxy groups -OCH3 is 1. The van der Waals surface area contributed by atoms with Crippen LogP contribution in [0.1, 0.15) is 142 Å². The van der Waals surface area contributed by atoms with Gasteiger partial charge in [-0.25, -0.2) is 0 Å². The lowest BCUT2D eigenvalue weighted by atomic mass is 10.1. The highest BCUT2D eigenvalue weighted by molar-refractivity contribution is 5.70. The third kappa shape index (κ3) is 33.0. The molecule has 0 saturated carbocycles. The maximum absolute atomic E-state index is 12.5. The van der Waals surface area contributed by atoms with Crippen molar-refractivity contribution in [1.82, 2.24) is 0 Å². The van der Waals surface area contributed by atoms with Gasteiger partial charge >= 0.3 is 11.9 Å². The predicted molar refractivity (Wildman–Crippen MR) is 176 cm³/mol. The van der Waals surface area contributed by atoms with Gasteiger partial charge in [-0.3, -0.25) is 9.59 Å². The first-order valence-electron chi connectivity index (χ1n) is 17.4. The molecule has 0 radical (unpaired) electrons. The third-order valence-corrected chi connectivity index (χ3v) is 7.12. The van der Waals surface area contributed by atoms with Gasteiger partial charge in [0.1, 0.15) is 6.61 Å². The Morgan fingerprint density at radius 1 is 0.535 bits per heavy atom. The molecule has 0 rings (SSSR count). The van der Waals surface area contributed by atoms with Crippen LogP contribution in [0.25, 0.3) is 0 Å². The number of carbonyl (C=O) groups is 2. The summed E-state index contributed by atoms with van der Waals surface area (Å²) in [4.78, 5) is 24.8. The van der Waals surface area contributed by atoms with E-state index in [1.54, 1.807) is 7.11 Å². The number of ether oxygens (including phenoxy) is 5. The highest BCUT2D eigenvalue weighted by Gasteiger charge is 2.17. The molecule has 43 heavy (non-hydrogen) atoms. The molecule has 7 nitrogen and oxygen atoms in total. The van der Waals surface area contributed by atoms with E-state index >= 15 is 0 Å². The molecule has 7 heteroatoms. The van der Waals surface area contributed by atoms with Crippen molar-refractivity contribution in [3.05, 3.63) is 24.3 Å². The molecule has 0 aromatic heterocycles. The maximum atomic E-state index is 12.5. The van der Waals surface area contributed by atoms with E-state index < -0.39 is 6.10 Å². The first-order chi connectivity index (χ1) is 21.1. The summed E-state index contributed by atoms with van der Waals surface area (Å²) < 4.78 is 27.1. The van der Waals surface area contributed by atoms with Crippen LogP contribution in [0, 0.1) is 0 Å². The van der Waals surface area contributed by atoms with Gasteiger partial charge in [0.05, 0.1) is 33.0 Å². The molecule has 0 heterocycles. The second-order valence-corrected chi connectivity index (χ2v) is 11.3. The van der Waals surface area contributed by atoms with Crippen LogP contribution in [-0.4, -0.2) is 64.8 Å². The molecule has 0 aromatic rings. The molecule has 0 aliphatic heterocycles. The van der Waals surface area contributed by atoms with Crippen LogP contribution in [0.3, 0.4) is 0 Å². The van der Waals surface area contributed by atoms with Gasteiger partial charge in [-0.1, -0.05) is 102 Å². The smallest absolute Gasteiger partial charge is 0.306 e. The van der Waals surface area contributed by atoms with Gasteiger partial charge in [0.2, 0.25) is 0 Å². The van der Waals surface area contributed by atoms with Gasteiger partial charge in [-0.2, -0.15) is 0 Å². The first-order valence-corrected chi connectivity index (χ1v) is 17.4. The topological polar surface area (TPSA) is 80.3 Å². The molecular weight excluding hydrogens is 544 g/mol. The van der Waals surface area contributed by atoms with Crippen molar-refractivity contribution in [3.8, 4) is 0 Å². The Morgan fingerprint density at radius 2 is 1.00 bits per heavy atom. The second kappa shape index (κ2) is 34.8. The number of esters is 2. The maximum Gasteiger partial charge on any atom is 0.306 e. The predicted octanol–water partition coefficient (Wildman–Crippen LogP) is 9.08. The molecule has 1 atom stereocenters. The summed E-state index contributed by atoms with van der Waals surface area (Å²) in [5, 5.41) is 0. The van der Waals surface area contributed by atoms with Gasteiger partial charge in [0.15, 0.2) is 6.10 Å². The summed E-state index contributed by atoms with van der Waals surface area (Å²) in [5.41, 5.74) is 0. The lowest BCUT2D eigenvalue weighted by Crippen LogP contribution is -2.30. The van der Waals surface area contributed by atoms with Crippen molar-refractivity contribution < 1.29 is 33.3 Å². The average Bonchev–Trinajstić information content (AvgIpc) is 3.00. The Hall–Kier alpha value is -1.70. The van der Waals surface area contributed by atoms with Gasteiger partial charge in [0.25, 0.3) is 0 Å². The van der Waals surface area contributed by atoms with Crippen LogP contribution in [-0.2, 0) is 33.3 Å². The van der Waals surface area contributed by atoms with E-state index in [1.165, 1.54) is 64.2 Å². The Labute approximate surface area is 264 Å². The summed E-state index contributed by atoms with van der Waals surface area (Å²) in [6.07, 6.45) is 29.7. The fraction of sp³-hybridized carbons (Fsp3) is 0.833. The minimum atomic E-state index is -0.611. The molecule has 252 valence electrons. The van der Waals surface area contributed by atoms with E-state index in [4.69, 9.17) is 23.7 Å². The lowest BCUT2D eigenvalue weighted by molar-refractivity contribution is -0.163. The SMILES string of the molecule is CCCC/C=C\CCCCCCCC(=O)OCC(COCCOCCOC)OC(=O)CCCCCCC/C=C\CCCC. The molecule has 0 spiro atoms. The van der Waals surface area contributed by atoms with E-state index in [1.807, 2.05) is 0 Å². The van der Waals surface area contributed by atoms with Crippen molar-refractivity contribution in [1.29, 1.82) is 0 Å². The van der Waals surface area contributed by atoms with Crippen LogP contribution in [0.4, 0.5) is 0 Å². The number of allylic oxidation sites excluding steroid dienone is 4. The zero-order chi connectivity index (χ0) is 31.5. The zero-order valence-electron chi connectivity index (χ0n) is 28.1. The number of hydrogen-bond donors (Lipinski definition) is 0. The average molecular weight is 611 g/mol. The summed E-state index contributed by atoms with van der Waals surface area (Å²) in [6.45, 7) is 6.45. The highest BCUT2D eigenvalue weighted by atomic mass is 16.6. The van der Waals surface area contributed by atoms with Gasteiger partial charge in [-0.15, -0.1) is 0 Å². The fourth-order valence-corrected chi connectivity index (χ4v) is 4.44. The van der Waals surface area contributed by atoms with E-state index in [-0.39, 0.29) is 25.2 Å². The molecule has 0 aromatic carbocycles. The Balaban J connectivity index is 4.17. The monoisotopic (exact) mass is 610 g/mol. The summed E-state index contributed by atoms with van der Waals surface area (Å²) in [7, 11) is 1.63. The van der Waals surface area contributed by atoms with E-state index in [2.05, 4.69) is 38.2 Å². The van der Waals surface area contributed by atoms with Gasteiger partial charge in [0, 0.05) is 20.0 Å². The largest absolute Gasteiger partial charge is 0.462 e. The normalized spacial score (nSPS) is 12.3. The molecule has 0 saturated heterocycles. The van der Waals surface area contributed by atoms with Crippen molar-refractivity contribution in [3.63, 3.8) is 0 Å². The van der Waals surface area contributed by atoms with Crippen molar-refractivity contribution in [2.75, 3.05) is 46.8 Å². The Bertz CT molecular complexity index is 662. The second-order valence-electron chi connectivity index (χ2n) is 11.3. The lowest BCUT2D eigenvalue weighted by Gasteiger charge is -2.18. The number of rotatable bonds is 33. The van der Waals surface area contributed by atoms with E-state index in [0.717, 1.165) is 51.4 Å². The molecular formula is C36H66O7. The number of hydrogen-bond acceptors (Lipinski definition) is 7. The number of carbonyl (C=O) groups excluding carboxylic acids is 2. The molecule has 0 amide bonds. The molecule has 0 bridgehead atoms. The van der Waals surface area contributed by atoms with Gasteiger partial charge < -0.3 is 23.7 Å². The molecule has 0 N–H and O–H groups in total. The van der Waals surface area contributed by atoms with Crippen molar-refractivity contribution in [2.24, 2.45) is 0 Å². The summed E-state index contributed by atoms with van der Waals surface area (Å²) in [5.74, 6) is -0.511. The number of unbranched alkanes of at least 4 members (excludes halogenated alkanes) is 14. The zero-order valence-corrected chi connectivity index (χ0v) is 28.1. The minimum Gasteiger partial charge on any atom is -0.462 e. The van der Waals surface area contributed by atoms with Crippen molar-refractivity contribution in [2.45, 2.75) is 148 Å². The van der Waals surface area contributed by atoms with Crippen LogP contribution in [0.2, 0.25) is 0 Å². The summed E-state index contributed by atoms with van der Waals surface area (Å²) >= 11 is 0. The third-order valence-electron chi connectivity index (χ3n) is 7.12. The van der Waals surface area contributed by atoms with Crippen LogP contribution in [0.5, 0.6) is 0 Å². The van der Waals surface area contributed by atoms with Crippen molar-refractivity contribution >= 4 is 11.9 Å². The van der Waals surface area contributed by atoms with Crippen LogP contribution < -0.4 is 0 Å². The molecule has 0 aliphatic rings. The van der Waals surface area contributed by atoms with E-state index in [0.29, 0.717) is 39.3 Å². The fourth-order valence-electron chi connectivity index (χ4n) is 4.44. The molecule has 0 fully saturated rings. The standard InChI is InChI=1S/C36H66O7/c1-4-6-8-10-12-14-16-18-20-22-24-26-35(37)42-33-34(32-41-31-30-40-29-28-39-3)43-36(38)27-25-23-21-19-17-15-13-11-9-7-5-2/h10-13,34H,4-9,14-33H2,1-3H3/b12-10-,13-11-. The minimum absolute atomic E-state index is 0.0191. The van der Waals surface area contributed by atoms with Crippen LogP contribution >= 0.6 is 0 Å². The Morgan fingerprint density at radius 3 is 1.56 bits per heavy atom. The summed E-state index contributed by atoms with van der Waals surface area (Å²) in [6, 6.07) is 0. The molecule has 1 unspecified atom stereocenters. The molecule has 0 aliphatic carbocycles. The van der Waals surface area contributed by atoms with E-state index in [9.17, 15) is 9.59 Å². The Kier molecular flexibility index (Phi) is 33.4.